The molecule has 0 aromatic heterocycles. The molecule has 1 aromatic rings. The Morgan fingerprint density at radius 1 is 0.958 bits per heavy atom. The van der Waals surface area contributed by atoms with Crippen LogP contribution in [0.15, 0.2) is 12.1 Å². The van der Waals surface area contributed by atoms with Gasteiger partial charge in [0.2, 0.25) is 0 Å². The molecule has 4 heteroatoms. The Kier molecular flexibility index (Phi) is 5.22. The summed E-state index contributed by atoms with van der Waals surface area (Å²) in [6.07, 6.45) is 5.31. The first-order valence-electron chi connectivity index (χ1n) is 9.27. The van der Waals surface area contributed by atoms with Crippen LogP contribution in [0.2, 0.25) is 0 Å². The largest absolute Gasteiger partial charge is 0.419 e. The van der Waals surface area contributed by atoms with Crippen LogP contribution in [0.1, 0.15) is 68.6 Å². The highest BCUT2D eigenvalue weighted by atomic mass is 19.4. The van der Waals surface area contributed by atoms with Crippen molar-refractivity contribution in [2.24, 2.45) is 17.8 Å². The summed E-state index contributed by atoms with van der Waals surface area (Å²) in [6.45, 7) is 2.23. The molecule has 3 rings (SSSR count). The summed E-state index contributed by atoms with van der Waals surface area (Å²) in [5, 5.41) is 0. The van der Waals surface area contributed by atoms with Gasteiger partial charge >= 0.3 is 6.18 Å². The minimum absolute atomic E-state index is 0.510. The lowest BCUT2D eigenvalue weighted by Crippen LogP contribution is -2.27. The Balaban J connectivity index is 1.68. The first-order chi connectivity index (χ1) is 11.4. The molecule has 24 heavy (non-hydrogen) atoms. The number of halogens is 4. The fraction of sp³-hybridized carbons (Fsp3) is 0.700. The summed E-state index contributed by atoms with van der Waals surface area (Å²) in [6, 6.07) is 2.19. The molecule has 0 aliphatic heterocycles. The number of rotatable bonds is 3. The molecule has 0 heterocycles. The van der Waals surface area contributed by atoms with E-state index in [-0.39, 0.29) is 0 Å². The maximum Gasteiger partial charge on any atom is 0.419 e. The van der Waals surface area contributed by atoms with Crippen LogP contribution < -0.4 is 0 Å². The Bertz CT molecular complexity index is 568. The van der Waals surface area contributed by atoms with Crippen LogP contribution in [0.25, 0.3) is 0 Å². The monoisotopic (exact) mass is 342 g/mol. The van der Waals surface area contributed by atoms with Gasteiger partial charge in [0.05, 0.1) is 5.56 Å². The minimum atomic E-state index is -4.60. The van der Waals surface area contributed by atoms with E-state index in [1.807, 2.05) is 0 Å². The van der Waals surface area contributed by atoms with Crippen molar-refractivity contribution in [1.29, 1.82) is 0 Å². The zero-order valence-electron chi connectivity index (χ0n) is 14.3. The molecular weight excluding hydrogens is 316 g/mol. The Labute approximate surface area is 141 Å². The number of aryl methyl sites for hydroxylation is 1. The van der Waals surface area contributed by atoms with E-state index in [9.17, 15) is 17.6 Å². The van der Waals surface area contributed by atoms with Gasteiger partial charge in [0.25, 0.3) is 0 Å². The molecule has 0 saturated heterocycles. The summed E-state index contributed by atoms with van der Waals surface area (Å²) < 4.78 is 52.4. The van der Waals surface area contributed by atoms with Crippen LogP contribution in [0.5, 0.6) is 0 Å². The molecule has 1 saturated carbocycles. The summed E-state index contributed by atoms with van der Waals surface area (Å²) in [7, 11) is 0. The van der Waals surface area contributed by atoms with Crippen LogP contribution in [0, 0.1) is 23.6 Å². The van der Waals surface area contributed by atoms with E-state index in [2.05, 4.69) is 6.92 Å². The van der Waals surface area contributed by atoms with Gasteiger partial charge in [-0.25, -0.2) is 4.39 Å². The maximum absolute atomic E-state index is 13.9. The van der Waals surface area contributed by atoms with E-state index in [0.29, 0.717) is 23.8 Å². The van der Waals surface area contributed by atoms with Crippen LogP contribution in [0.4, 0.5) is 17.6 Å². The summed E-state index contributed by atoms with van der Waals surface area (Å²) in [4.78, 5) is 0. The summed E-state index contributed by atoms with van der Waals surface area (Å²) in [5.74, 6) is 0.912. The van der Waals surface area contributed by atoms with E-state index >= 15 is 0 Å². The van der Waals surface area contributed by atoms with Crippen molar-refractivity contribution in [3.05, 3.63) is 34.6 Å². The maximum atomic E-state index is 13.9. The molecule has 0 N–H and O–H groups in total. The first kappa shape index (κ1) is 17.8. The zero-order valence-corrected chi connectivity index (χ0v) is 14.3. The van der Waals surface area contributed by atoms with E-state index in [4.69, 9.17) is 0 Å². The van der Waals surface area contributed by atoms with E-state index in [1.165, 1.54) is 38.5 Å². The molecule has 1 fully saturated rings. The van der Waals surface area contributed by atoms with Gasteiger partial charge in [0.15, 0.2) is 0 Å². The molecule has 0 bridgehead atoms. The molecule has 0 amide bonds. The third-order valence-electron chi connectivity index (χ3n) is 6.12. The lowest BCUT2D eigenvalue weighted by molar-refractivity contribution is -0.140. The average molecular weight is 342 g/mol. The predicted molar refractivity (Wildman–Crippen MR) is 87.3 cm³/mol. The van der Waals surface area contributed by atoms with Gasteiger partial charge in [-0.05, 0) is 73.1 Å². The SMILES string of the molecule is CCCC1CCC(C2CCc3cc(C(F)(F)F)c(F)cc3C2)CC1. The Morgan fingerprint density at radius 3 is 2.29 bits per heavy atom. The highest BCUT2D eigenvalue weighted by molar-refractivity contribution is 5.36. The van der Waals surface area contributed by atoms with Gasteiger partial charge in [-0.1, -0.05) is 32.6 Å². The molecule has 2 aliphatic rings. The van der Waals surface area contributed by atoms with Crippen molar-refractivity contribution in [1.82, 2.24) is 0 Å². The predicted octanol–water partition coefficient (Wildman–Crippen LogP) is 6.56. The number of hydrogen-bond donors (Lipinski definition) is 0. The van der Waals surface area contributed by atoms with Crippen molar-refractivity contribution in [3.63, 3.8) is 0 Å². The average Bonchev–Trinajstić information content (AvgIpc) is 2.53. The van der Waals surface area contributed by atoms with Crippen molar-refractivity contribution in [2.75, 3.05) is 0 Å². The number of benzene rings is 1. The van der Waals surface area contributed by atoms with Gasteiger partial charge in [-0.3, -0.25) is 0 Å². The standard InChI is InChI=1S/C20H26F4/c1-2-3-13-4-6-14(7-5-13)15-8-9-16-11-18(20(22,23)24)19(21)12-17(16)10-15/h11-15H,2-10H2,1H3. The molecule has 0 spiro atoms. The van der Waals surface area contributed by atoms with E-state index in [0.717, 1.165) is 36.5 Å². The van der Waals surface area contributed by atoms with Gasteiger partial charge in [-0.2, -0.15) is 13.2 Å². The van der Waals surface area contributed by atoms with Gasteiger partial charge in [0.1, 0.15) is 5.82 Å². The second kappa shape index (κ2) is 7.05. The van der Waals surface area contributed by atoms with Gasteiger partial charge in [0, 0.05) is 0 Å². The quantitative estimate of drug-likeness (QED) is 0.546. The zero-order chi connectivity index (χ0) is 17.3. The molecule has 1 atom stereocenters. The summed E-state index contributed by atoms with van der Waals surface area (Å²) in [5.41, 5.74) is 0.381. The van der Waals surface area contributed by atoms with Crippen molar-refractivity contribution in [2.45, 2.75) is 70.9 Å². The number of fused-ring (bicyclic) bond motifs is 1. The molecule has 2 aliphatic carbocycles. The molecule has 0 nitrogen and oxygen atoms in total. The third kappa shape index (κ3) is 3.78. The third-order valence-corrected chi connectivity index (χ3v) is 6.12. The molecule has 1 aromatic carbocycles. The number of alkyl halides is 3. The van der Waals surface area contributed by atoms with Crippen LogP contribution in [-0.2, 0) is 19.0 Å². The lowest BCUT2D eigenvalue weighted by atomic mass is 9.69. The van der Waals surface area contributed by atoms with E-state index in [1.54, 1.807) is 0 Å². The van der Waals surface area contributed by atoms with Gasteiger partial charge < -0.3 is 0 Å². The van der Waals surface area contributed by atoms with Crippen molar-refractivity contribution in [3.8, 4) is 0 Å². The second-order valence-electron chi connectivity index (χ2n) is 7.67. The van der Waals surface area contributed by atoms with Crippen molar-refractivity contribution >= 4 is 0 Å². The number of hydrogen-bond acceptors (Lipinski definition) is 0. The minimum Gasteiger partial charge on any atom is -0.206 e. The second-order valence-corrected chi connectivity index (χ2v) is 7.67. The van der Waals surface area contributed by atoms with E-state index < -0.39 is 17.6 Å². The summed E-state index contributed by atoms with van der Waals surface area (Å²) >= 11 is 0. The van der Waals surface area contributed by atoms with Crippen LogP contribution >= 0.6 is 0 Å². The smallest absolute Gasteiger partial charge is 0.206 e. The lowest BCUT2D eigenvalue weighted by Gasteiger charge is -2.36. The fourth-order valence-electron chi connectivity index (χ4n) is 4.78. The molecular formula is C20H26F4. The van der Waals surface area contributed by atoms with Crippen molar-refractivity contribution < 1.29 is 17.6 Å². The normalized spacial score (nSPS) is 27.8. The molecule has 134 valence electrons. The highest BCUT2D eigenvalue weighted by Gasteiger charge is 2.36. The van der Waals surface area contributed by atoms with Crippen LogP contribution in [-0.4, -0.2) is 0 Å². The fourth-order valence-corrected chi connectivity index (χ4v) is 4.78. The first-order valence-corrected chi connectivity index (χ1v) is 9.27. The van der Waals surface area contributed by atoms with Crippen LogP contribution in [0.3, 0.4) is 0 Å². The molecule has 1 unspecified atom stereocenters. The Hall–Kier alpha value is -1.06. The highest BCUT2D eigenvalue weighted by Crippen LogP contribution is 2.42. The van der Waals surface area contributed by atoms with Gasteiger partial charge in [-0.15, -0.1) is 0 Å². The Morgan fingerprint density at radius 2 is 1.67 bits per heavy atom. The molecule has 0 radical (unpaired) electrons. The topological polar surface area (TPSA) is 0 Å².